The second-order valence-corrected chi connectivity index (χ2v) is 6.13. The minimum Gasteiger partial charge on any atom is -0.481 e. The van der Waals surface area contributed by atoms with Crippen LogP contribution in [-0.2, 0) is 23.2 Å². The smallest absolute Gasteiger partial charge is 0.316 e. The van der Waals surface area contributed by atoms with Crippen LogP contribution in [0, 0.1) is 25.2 Å². The molecule has 1 heterocycles. The number of aryl methyl sites for hydroxylation is 2. The molecule has 0 saturated carbocycles. The average molecular weight is 281 g/mol. The molecule has 1 aromatic rings. The van der Waals surface area contributed by atoms with Gasteiger partial charge in [-0.15, -0.1) is 0 Å². The molecule has 112 valence electrons. The number of hydrogen-bond acceptors (Lipinski definition) is 3. The zero-order valence-electron chi connectivity index (χ0n) is 12.9. The van der Waals surface area contributed by atoms with Crippen molar-refractivity contribution in [2.45, 2.75) is 41.2 Å². The largest absolute Gasteiger partial charge is 0.481 e. The summed E-state index contributed by atoms with van der Waals surface area (Å²) in [6.45, 7) is 9.31. The lowest BCUT2D eigenvalue weighted by atomic mass is 9.80. The monoisotopic (exact) mass is 281 g/mol. The Morgan fingerprint density at radius 2 is 1.90 bits per heavy atom. The van der Waals surface area contributed by atoms with E-state index >= 15 is 0 Å². The van der Waals surface area contributed by atoms with Gasteiger partial charge in [0.2, 0.25) is 5.91 Å². The van der Waals surface area contributed by atoms with Crippen LogP contribution in [0.2, 0.25) is 0 Å². The third-order valence-electron chi connectivity index (χ3n) is 3.47. The number of amides is 1. The highest BCUT2D eigenvalue weighted by Crippen LogP contribution is 2.26. The van der Waals surface area contributed by atoms with E-state index in [2.05, 4.69) is 10.4 Å². The first-order chi connectivity index (χ1) is 9.05. The van der Waals surface area contributed by atoms with Crippen molar-refractivity contribution < 1.29 is 14.7 Å². The summed E-state index contributed by atoms with van der Waals surface area (Å²) in [4.78, 5) is 23.4. The fraction of sp³-hybridized carbons (Fsp3) is 0.643. The quantitative estimate of drug-likeness (QED) is 0.817. The van der Waals surface area contributed by atoms with Gasteiger partial charge in [0.05, 0.1) is 5.69 Å². The Labute approximate surface area is 119 Å². The molecule has 1 amide bonds. The van der Waals surface area contributed by atoms with E-state index in [0.717, 1.165) is 17.0 Å². The van der Waals surface area contributed by atoms with E-state index in [1.165, 1.54) is 0 Å². The van der Waals surface area contributed by atoms with Gasteiger partial charge in [0.25, 0.3) is 0 Å². The molecule has 1 atom stereocenters. The van der Waals surface area contributed by atoms with Crippen LogP contribution in [0.15, 0.2) is 0 Å². The normalized spacial score (nSPS) is 13.1. The Morgan fingerprint density at radius 3 is 2.25 bits per heavy atom. The molecule has 0 bridgehead atoms. The van der Waals surface area contributed by atoms with Crippen molar-refractivity contribution in [3.8, 4) is 0 Å². The predicted molar refractivity (Wildman–Crippen MR) is 75.1 cm³/mol. The molecule has 0 radical (unpaired) electrons. The maximum absolute atomic E-state index is 12.1. The van der Waals surface area contributed by atoms with Crippen molar-refractivity contribution in [3.05, 3.63) is 17.0 Å². The maximum Gasteiger partial charge on any atom is 0.316 e. The molecule has 6 nitrogen and oxygen atoms in total. The zero-order chi connectivity index (χ0) is 15.7. The first-order valence-corrected chi connectivity index (χ1v) is 6.55. The lowest BCUT2D eigenvalue weighted by molar-refractivity contribution is -0.151. The molecular weight excluding hydrogens is 258 g/mol. The van der Waals surface area contributed by atoms with Crippen LogP contribution in [0.25, 0.3) is 0 Å². The van der Waals surface area contributed by atoms with Crippen molar-refractivity contribution in [2.75, 3.05) is 0 Å². The third-order valence-corrected chi connectivity index (χ3v) is 3.47. The minimum absolute atomic E-state index is 0.296. The Bertz CT molecular complexity index is 527. The fourth-order valence-electron chi connectivity index (χ4n) is 2.23. The first kappa shape index (κ1) is 16.2. The summed E-state index contributed by atoms with van der Waals surface area (Å²) in [7, 11) is 1.84. The van der Waals surface area contributed by atoms with Gasteiger partial charge < -0.3 is 10.4 Å². The van der Waals surface area contributed by atoms with Crippen LogP contribution in [0.3, 0.4) is 0 Å². The van der Waals surface area contributed by atoms with Gasteiger partial charge in [-0.1, -0.05) is 20.8 Å². The number of nitrogens with one attached hydrogen (secondary N) is 1. The van der Waals surface area contributed by atoms with Gasteiger partial charge in [0.15, 0.2) is 0 Å². The molecule has 2 N–H and O–H groups in total. The van der Waals surface area contributed by atoms with Gasteiger partial charge in [0.1, 0.15) is 5.92 Å². The second-order valence-electron chi connectivity index (χ2n) is 6.13. The highest BCUT2D eigenvalue weighted by atomic mass is 16.4. The second kappa shape index (κ2) is 5.64. The molecule has 0 aromatic carbocycles. The van der Waals surface area contributed by atoms with Gasteiger partial charge in [-0.05, 0) is 19.3 Å². The van der Waals surface area contributed by atoms with Crippen LogP contribution in [0.5, 0.6) is 0 Å². The lowest BCUT2D eigenvalue weighted by Gasteiger charge is -2.25. The number of carbonyl (C=O) groups excluding carboxylic acids is 1. The minimum atomic E-state index is -1.10. The first-order valence-electron chi connectivity index (χ1n) is 6.55. The van der Waals surface area contributed by atoms with Crippen LogP contribution < -0.4 is 5.32 Å². The summed E-state index contributed by atoms with van der Waals surface area (Å²) >= 11 is 0. The number of carbonyl (C=O) groups is 2. The summed E-state index contributed by atoms with van der Waals surface area (Å²) in [6.07, 6.45) is 0. The van der Waals surface area contributed by atoms with Crippen molar-refractivity contribution in [3.63, 3.8) is 0 Å². The number of rotatable bonds is 4. The van der Waals surface area contributed by atoms with E-state index in [0.29, 0.717) is 6.54 Å². The Morgan fingerprint density at radius 1 is 1.35 bits per heavy atom. The Balaban J connectivity index is 2.83. The number of nitrogens with zero attached hydrogens (tertiary/aromatic N) is 2. The number of hydrogen-bond donors (Lipinski definition) is 2. The van der Waals surface area contributed by atoms with Crippen molar-refractivity contribution in [2.24, 2.45) is 18.4 Å². The van der Waals surface area contributed by atoms with E-state index in [-0.39, 0.29) is 0 Å². The molecule has 1 unspecified atom stereocenters. The highest BCUT2D eigenvalue weighted by Gasteiger charge is 2.37. The molecule has 0 fully saturated rings. The molecule has 0 aliphatic carbocycles. The third kappa shape index (κ3) is 3.37. The highest BCUT2D eigenvalue weighted by molar-refractivity contribution is 5.97. The summed E-state index contributed by atoms with van der Waals surface area (Å²) in [5.41, 5.74) is 2.10. The number of carboxylic acid groups (broad SMARTS) is 1. The molecule has 1 rings (SSSR count). The van der Waals surface area contributed by atoms with Crippen LogP contribution >= 0.6 is 0 Å². The van der Waals surface area contributed by atoms with Crippen LogP contribution in [-0.4, -0.2) is 26.8 Å². The number of aliphatic carboxylic acids is 1. The van der Waals surface area contributed by atoms with Gasteiger partial charge in [-0.25, -0.2) is 0 Å². The molecule has 0 saturated heterocycles. The predicted octanol–water partition coefficient (Wildman–Crippen LogP) is 1.40. The van der Waals surface area contributed by atoms with Gasteiger partial charge in [-0.2, -0.15) is 5.10 Å². The maximum atomic E-state index is 12.1. The molecule has 0 spiro atoms. The molecule has 1 aromatic heterocycles. The van der Waals surface area contributed by atoms with Crippen molar-refractivity contribution >= 4 is 11.9 Å². The summed E-state index contributed by atoms with van der Waals surface area (Å²) in [5, 5.41) is 16.2. The molecular formula is C14H23N3O3. The van der Waals surface area contributed by atoms with Gasteiger partial charge in [0, 0.05) is 24.8 Å². The summed E-state index contributed by atoms with van der Waals surface area (Å²) in [6, 6.07) is 0. The van der Waals surface area contributed by atoms with E-state index in [4.69, 9.17) is 0 Å². The fourth-order valence-corrected chi connectivity index (χ4v) is 2.23. The number of aromatic nitrogens is 2. The number of carboxylic acids is 1. The van der Waals surface area contributed by atoms with Crippen molar-refractivity contribution in [1.29, 1.82) is 0 Å². The zero-order valence-corrected chi connectivity index (χ0v) is 12.9. The molecule has 6 heteroatoms. The van der Waals surface area contributed by atoms with Gasteiger partial charge in [-0.3, -0.25) is 14.3 Å². The van der Waals surface area contributed by atoms with E-state index in [1.807, 2.05) is 20.9 Å². The molecule has 0 aliphatic rings. The Kier molecular flexibility index (Phi) is 4.57. The standard InChI is InChI=1S/C14H23N3O3/c1-8-10(9(2)17(6)16-8)7-15-12(18)11(13(19)20)14(3,4)5/h11H,7H2,1-6H3,(H,15,18)(H,19,20). The molecule has 20 heavy (non-hydrogen) atoms. The SMILES string of the molecule is Cc1nn(C)c(C)c1CNC(=O)C(C(=O)O)C(C)(C)C. The summed E-state index contributed by atoms with van der Waals surface area (Å²) in [5.74, 6) is -2.64. The Hall–Kier alpha value is -1.85. The van der Waals surface area contributed by atoms with Gasteiger partial charge >= 0.3 is 5.97 Å². The molecule has 0 aliphatic heterocycles. The van der Waals surface area contributed by atoms with Crippen molar-refractivity contribution in [1.82, 2.24) is 15.1 Å². The summed E-state index contributed by atoms with van der Waals surface area (Å²) < 4.78 is 1.75. The van der Waals surface area contributed by atoms with E-state index < -0.39 is 23.2 Å². The average Bonchev–Trinajstić information content (AvgIpc) is 2.48. The topological polar surface area (TPSA) is 84.2 Å². The van der Waals surface area contributed by atoms with E-state index in [1.54, 1.807) is 25.5 Å². The van der Waals surface area contributed by atoms with Crippen LogP contribution in [0.4, 0.5) is 0 Å². The lowest BCUT2D eigenvalue weighted by Crippen LogP contribution is -2.42. The van der Waals surface area contributed by atoms with E-state index in [9.17, 15) is 14.7 Å². The van der Waals surface area contributed by atoms with Crippen LogP contribution in [0.1, 0.15) is 37.7 Å².